The Morgan fingerprint density at radius 1 is 1.05 bits per heavy atom. The van der Waals surface area contributed by atoms with Gasteiger partial charge in [-0.1, -0.05) is 23.7 Å². The van der Waals surface area contributed by atoms with Crippen molar-refractivity contribution in [3.05, 3.63) is 34.9 Å². The molecule has 1 aromatic carbocycles. The van der Waals surface area contributed by atoms with Crippen LogP contribution in [-0.2, 0) is 16.1 Å². The maximum atomic E-state index is 12.7. The number of ether oxygens (including phenoxy) is 1. The van der Waals surface area contributed by atoms with Crippen molar-refractivity contribution in [1.82, 2.24) is 0 Å². The van der Waals surface area contributed by atoms with Crippen molar-refractivity contribution in [3.63, 3.8) is 0 Å². The SMILES string of the molecule is O=C(OCc1ccc(Cl)cc1)C12CC3CC(CC(C3)C1)C2. The largest absolute Gasteiger partial charge is 0.460 e. The third-order valence-electron chi connectivity index (χ3n) is 5.75. The van der Waals surface area contributed by atoms with E-state index in [0.717, 1.165) is 42.6 Å². The second-order valence-electron chi connectivity index (χ2n) is 7.40. The molecule has 21 heavy (non-hydrogen) atoms. The van der Waals surface area contributed by atoms with Gasteiger partial charge in [0.15, 0.2) is 0 Å². The summed E-state index contributed by atoms with van der Waals surface area (Å²) >= 11 is 5.88. The van der Waals surface area contributed by atoms with E-state index in [1.54, 1.807) is 0 Å². The molecule has 4 aliphatic rings. The van der Waals surface area contributed by atoms with Crippen molar-refractivity contribution in [2.24, 2.45) is 23.2 Å². The number of carbonyl (C=O) groups is 1. The number of rotatable bonds is 3. The average molecular weight is 305 g/mol. The van der Waals surface area contributed by atoms with E-state index in [9.17, 15) is 4.79 Å². The Morgan fingerprint density at radius 2 is 1.57 bits per heavy atom. The Hall–Kier alpha value is -1.02. The summed E-state index contributed by atoms with van der Waals surface area (Å²) in [6, 6.07) is 7.54. The Bertz CT molecular complexity index is 514. The lowest BCUT2D eigenvalue weighted by molar-refractivity contribution is -0.172. The third kappa shape index (κ3) is 2.48. The van der Waals surface area contributed by atoms with Crippen LogP contribution in [0.5, 0.6) is 0 Å². The number of halogens is 1. The van der Waals surface area contributed by atoms with E-state index in [2.05, 4.69) is 0 Å². The molecule has 4 fully saturated rings. The van der Waals surface area contributed by atoms with Gasteiger partial charge in [-0.25, -0.2) is 0 Å². The predicted molar refractivity (Wildman–Crippen MR) is 81.9 cm³/mol. The van der Waals surface area contributed by atoms with Gasteiger partial charge in [-0.15, -0.1) is 0 Å². The predicted octanol–water partition coefficient (Wildman–Crippen LogP) is 4.60. The van der Waals surface area contributed by atoms with Gasteiger partial charge < -0.3 is 4.74 Å². The summed E-state index contributed by atoms with van der Waals surface area (Å²) in [5.74, 6) is 2.38. The number of benzene rings is 1. The van der Waals surface area contributed by atoms with Gasteiger partial charge in [-0.05, 0) is 74.0 Å². The van der Waals surface area contributed by atoms with E-state index in [1.807, 2.05) is 24.3 Å². The topological polar surface area (TPSA) is 26.3 Å². The van der Waals surface area contributed by atoms with Gasteiger partial charge in [0.25, 0.3) is 0 Å². The van der Waals surface area contributed by atoms with Gasteiger partial charge in [0.05, 0.1) is 5.41 Å². The average Bonchev–Trinajstić information content (AvgIpc) is 2.45. The van der Waals surface area contributed by atoms with Crippen LogP contribution in [0.3, 0.4) is 0 Å². The van der Waals surface area contributed by atoms with E-state index >= 15 is 0 Å². The van der Waals surface area contributed by atoms with Gasteiger partial charge >= 0.3 is 5.97 Å². The number of esters is 1. The van der Waals surface area contributed by atoms with Crippen LogP contribution in [0.1, 0.15) is 44.1 Å². The van der Waals surface area contributed by atoms with Crippen LogP contribution in [0.15, 0.2) is 24.3 Å². The van der Waals surface area contributed by atoms with Crippen LogP contribution in [0.2, 0.25) is 5.02 Å². The lowest BCUT2D eigenvalue weighted by atomic mass is 9.49. The Kier molecular flexibility index (Phi) is 3.25. The van der Waals surface area contributed by atoms with Crippen molar-refractivity contribution in [1.29, 1.82) is 0 Å². The quantitative estimate of drug-likeness (QED) is 0.763. The molecule has 0 unspecified atom stereocenters. The zero-order valence-electron chi connectivity index (χ0n) is 12.2. The second kappa shape index (κ2) is 5.01. The molecule has 5 rings (SSSR count). The molecular formula is C18H21ClO2. The molecule has 0 N–H and O–H groups in total. The Balaban J connectivity index is 1.44. The van der Waals surface area contributed by atoms with E-state index in [1.165, 1.54) is 19.3 Å². The van der Waals surface area contributed by atoms with E-state index in [4.69, 9.17) is 16.3 Å². The molecule has 0 aromatic heterocycles. The smallest absolute Gasteiger partial charge is 0.312 e. The van der Waals surface area contributed by atoms with E-state index in [-0.39, 0.29) is 11.4 Å². The molecule has 0 heterocycles. The highest BCUT2D eigenvalue weighted by molar-refractivity contribution is 6.30. The van der Waals surface area contributed by atoms with Gasteiger partial charge in [0, 0.05) is 5.02 Å². The summed E-state index contributed by atoms with van der Waals surface area (Å²) < 4.78 is 5.67. The molecule has 112 valence electrons. The number of hydrogen-bond donors (Lipinski definition) is 0. The highest BCUT2D eigenvalue weighted by Gasteiger charge is 2.55. The highest BCUT2D eigenvalue weighted by Crippen LogP contribution is 2.60. The van der Waals surface area contributed by atoms with Crippen LogP contribution in [0.4, 0.5) is 0 Å². The van der Waals surface area contributed by atoms with Crippen LogP contribution in [0.25, 0.3) is 0 Å². The Labute approximate surface area is 130 Å². The highest BCUT2D eigenvalue weighted by atomic mass is 35.5. The lowest BCUT2D eigenvalue weighted by Gasteiger charge is -2.55. The minimum absolute atomic E-state index is 0.0524. The monoisotopic (exact) mass is 304 g/mol. The summed E-state index contributed by atoms with van der Waals surface area (Å²) in [6.45, 7) is 0.373. The van der Waals surface area contributed by atoms with E-state index < -0.39 is 0 Å². The molecule has 0 saturated heterocycles. The minimum Gasteiger partial charge on any atom is -0.460 e. The van der Waals surface area contributed by atoms with Crippen molar-refractivity contribution in [2.45, 2.75) is 45.1 Å². The lowest BCUT2D eigenvalue weighted by Crippen LogP contribution is -2.50. The molecule has 4 bridgehead atoms. The molecule has 2 nitrogen and oxygen atoms in total. The standard InChI is InChI=1S/C18H21ClO2/c19-16-3-1-12(2-4-16)11-21-17(20)18-8-13-5-14(9-18)7-15(6-13)10-18/h1-4,13-15H,5-11H2. The Morgan fingerprint density at radius 3 is 2.10 bits per heavy atom. The summed E-state index contributed by atoms with van der Waals surface area (Å²) in [5, 5.41) is 0.714. The molecule has 0 radical (unpaired) electrons. The van der Waals surface area contributed by atoms with Crippen LogP contribution < -0.4 is 0 Å². The molecule has 1 aromatic rings. The van der Waals surface area contributed by atoms with Crippen LogP contribution in [-0.4, -0.2) is 5.97 Å². The second-order valence-corrected chi connectivity index (χ2v) is 7.84. The van der Waals surface area contributed by atoms with Crippen molar-refractivity contribution < 1.29 is 9.53 Å². The zero-order valence-corrected chi connectivity index (χ0v) is 12.9. The van der Waals surface area contributed by atoms with Crippen LogP contribution >= 0.6 is 11.6 Å². The summed E-state index contributed by atoms with van der Waals surface area (Å²) in [5.41, 5.74) is 0.860. The first-order chi connectivity index (χ1) is 10.1. The molecule has 0 atom stereocenters. The molecule has 0 spiro atoms. The van der Waals surface area contributed by atoms with Gasteiger partial charge in [-0.3, -0.25) is 4.79 Å². The molecule has 3 heteroatoms. The van der Waals surface area contributed by atoms with Crippen LogP contribution in [0, 0.1) is 23.2 Å². The molecule has 0 aliphatic heterocycles. The molecule has 4 aliphatic carbocycles. The third-order valence-corrected chi connectivity index (χ3v) is 6.01. The summed E-state index contributed by atoms with van der Waals surface area (Å²) in [4.78, 5) is 12.7. The van der Waals surface area contributed by atoms with Gasteiger partial charge in [-0.2, -0.15) is 0 Å². The van der Waals surface area contributed by atoms with Crippen molar-refractivity contribution >= 4 is 17.6 Å². The first kappa shape index (κ1) is 13.6. The molecule has 0 amide bonds. The first-order valence-electron chi connectivity index (χ1n) is 8.05. The van der Waals surface area contributed by atoms with E-state index in [0.29, 0.717) is 11.6 Å². The van der Waals surface area contributed by atoms with Crippen molar-refractivity contribution in [3.8, 4) is 0 Å². The van der Waals surface area contributed by atoms with Crippen molar-refractivity contribution in [2.75, 3.05) is 0 Å². The molecule has 4 saturated carbocycles. The summed E-state index contributed by atoms with van der Waals surface area (Å²) in [7, 11) is 0. The minimum atomic E-state index is -0.152. The molecular weight excluding hydrogens is 284 g/mol. The summed E-state index contributed by atoms with van der Waals surface area (Å²) in [6.07, 6.45) is 7.26. The fourth-order valence-corrected chi connectivity index (χ4v) is 5.37. The fraction of sp³-hybridized carbons (Fsp3) is 0.611. The fourth-order valence-electron chi connectivity index (χ4n) is 5.24. The maximum Gasteiger partial charge on any atom is 0.312 e. The number of hydrogen-bond acceptors (Lipinski definition) is 2. The van der Waals surface area contributed by atoms with Gasteiger partial charge in [0.2, 0.25) is 0 Å². The number of carbonyl (C=O) groups excluding carboxylic acids is 1. The first-order valence-corrected chi connectivity index (χ1v) is 8.42. The maximum absolute atomic E-state index is 12.7. The zero-order chi connectivity index (χ0) is 14.4. The normalized spacial score (nSPS) is 36.7. The van der Waals surface area contributed by atoms with Gasteiger partial charge in [0.1, 0.15) is 6.61 Å².